The largest absolute Gasteiger partial charge is 0.487 e. The molecule has 6 nitrogen and oxygen atoms in total. The van der Waals surface area contributed by atoms with E-state index in [-0.39, 0.29) is 36.1 Å². The van der Waals surface area contributed by atoms with E-state index in [1.807, 2.05) is 0 Å². The highest BCUT2D eigenvalue weighted by molar-refractivity contribution is 5.75. The molecule has 1 N–H and O–H groups in total. The van der Waals surface area contributed by atoms with Crippen LogP contribution in [0.4, 0.5) is 0 Å². The number of hydrogen-bond donors (Lipinski definition) is 1. The van der Waals surface area contributed by atoms with Crippen molar-refractivity contribution in [3.05, 3.63) is 28.3 Å². The molecular weight excluding hydrogens is 238 g/mol. The van der Waals surface area contributed by atoms with Gasteiger partial charge >= 0.3 is 0 Å². The van der Waals surface area contributed by atoms with Gasteiger partial charge in [0.1, 0.15) is 18.6 Å². The van der Waals surface area contributed by atoms with Crippen molar-refractivity contribution in [3.8, 4) is 5.75 Å². The van der Waals surface area contributed by atoms with Crippen LogP contribution in [0.3, 0.4) is 0 Å². The molecule has 1 aromatic heterocycles. The first-order valence-electron chi connectivity index (χ1n) is 5.60. The van der Waals surface area contributed by atoms with Gasteiger partial charge in [0, 0.05) is 26.6 Å². The van der Waals surface area contributed by atoms with Gasteiger partial charge in [0.05, 0.1) is 6.61 Å². The highest BCUT2D eigenvalue weighted by atomic mass is 16.5. The highest BCUT2D eigenvalue weighted by Gasteiger charge is 2.06. The Bertz CT molecular complexity index is 452. The summed E-state index contributed by atoms with van der Waals surface area (Å²) in [6.45, 7) is -0.0599. The molecule has 0 bridgehead atoms. The number of carbonyl (C=O) groups is 1. The molecule has 18 heavy (non-hydrogen) atoms. The van der Waals surface area contributed by atoms with Crippen molar-refractivity contribution in [2.75, 3.05) is 20.7 Å². The number of nitrogens with zero attached hydrogens (tertiary/aromatic N) is 1. The monoisotopic (exact) mass is 255 g/mol. The summed E-state index contributed by atoms with van der Waals surface area (Å²) in [6.07, 6.45) is 2.06. The van der Waals surface area contributed by atoms with Crippen LogP contribution in [0.1, 0.15) is 18.6 Å². The molecule has 0 saturated heterocycles. The molecule has 1 amide bonds. The number of aliphatic hydroxyl groups excluding tert-OH is 1. The summed E-state index contributed by atoms with van der Waals surface area (Å²) in [6, 6.07) is 1.18. The number of carbonyl (C=O) groups excluding carboxylic acids is 1. The topological polar surface area (TPSA) is 80.0 Å². The average Bonchev–Trinajstić information content (AvgIpc) is 2.35. The van der Waals surface area contributed by atoms with Gasteiger partial charge in [0.15, 0.2) is 0 Å². The fourth-order valence-corrected chi connectivity index (χ4v) is 1.26. The fraction of sp³-hybridized carbons (Fsp3) is 0.500. The number of aliphatic hydroxyl groups is 1. The summed E-state index contributed by atoms with van der Waals surface area (Å²) >= 11 is 0. The van der Waals surface area contributed by atoms with E-state index in [0.717, 1.165) is 0 Å². The van der Waals surface area contributed by atoms with Crippen LogP contribution in [-0.2, 0) is 11.4 Å². The van der Waals surface area contributed by atoms with E-state index in [4.69, 9.17) is 14.3 Å². The van der Waals surface area contributed by atoms with Crippen LogP contribution in [-0.4, -0.2) is 36.6 Å². The van der Waals surface area contributed by atoms with Gasteiger partial charge in [-0.25, -0.2) is 0 Å². The molecule has 0 radical (unpaired) electrons. The second-order valence-corrected chi connectivity index (χ2v) is 3.97. The van der Waals surface area contributed by atoms with Gasteiger partial charge in [-0.2, -0.15) is 0 Å². The van der Waals surface area contributed by atoms with Crippen molar-refractivity contribution >= 4 is 5.91 Å². The first kappa shape index (κ1) is 14.2. The summed E-state index contributed by atoms with van der Waals surface area (Å²) < 4.78 is 10.2. The summed E-state index contributed by atoms with van der Waals surface area (Å²) in [4.78, 5) is 24.2. The zero-order valence-electron chi connectivity index (χ0n) is 10.5. The molecule has 1 rings (SSSR count). The van der Waals surface area contributed by atoms with Gasteiger partial charge in [-0.15, -0.1) is 0 Å². The number of hydrogen-bond acceptors (Lipinski definition) is 5. The molecule has 0 saturated carbocycles. The maximum absolute atomic E-state index is 11.5. The lowest BCUT2D eigenvalue weighted by atomic mass is 10.3. The van der Waals surface area contributed by atoms with E-state index in [0.29, 0.717) is 12.8 Å². The van der Waals surface area contributed by atoms with Crippen molar-refractivity contribution < 1.29 is 19.1 Å². The lowest BCUT2D eigenvalue weighted by Gasteiger charge is -2.10. The summed E-state index contributed by atoms with van der Waals surface area (Å²) in [7, 11) is 3.37. The predicted octanol–water partition coefficient (Wildman–Crippen LogP) is 0.379. The second kappa shape index (κ2) is 6.80. The molecule has 0 unspecified atom stereocenters. The molecule has 0 atom stereocenters. The molecule has 0 aliphatic rings. The Morgan fingerprint density at radius 2 is 2.22 bits per heavy atom. The van der Waals surface area contributed by atoms with E-state index in [1.54, 1.807) is 14.1 Å². The first-order valence-corrected chi connectivity index (χ1v) is 5.60. The maximum atomic E-state index is 11.5. The Hall–Kier alpha value is -1.82. The van der Waals surface area contributed by atoms with E-state index in [9.17, 15) is 9.59 Å². The number of rotatable bonds is 6. The smallest absolute Gasteiger partial charge is 0.227 e. The standard InChI is InChI=1S/C12H17NO5/c1-13(2)12(16)4-3-5-17-11-8-18-9(7-14)6-10(11)15/h6,8,14H,3-5,7H2,1-2H3. The highest BCUT2D eigenvalue weighted by Crippen LogP contribution is 2.06. The van der Waals surface area contributed by atoms with Gasteiger partial charge in [-0.3, -0.25) is 9.59 Å². The zero-order chi connectivity index (χ0) is 13.5. The van der Waals surface area contributed by atoms with Crippen LogP contribution in [0.25, 0.3) is 0 Å². The van der Waals surface area contributed by atoms with Crippen molar-refractivity contribution in [2.24, 2.45) is 0 Å². The zero-order valence-corrected chi connectivity index (χ0v) is 10.5. The van der Waals surface area contributed by atoms with Crippen molar-refractivity contribution in [3.63, 3.8) is 0 Å². The summed E-state index contributed by atoms with van der Waals surface area (Å²) in [5, 5.41) is 8.76. The Kier molecular flexibility index (Phi) is 5.38. The van der Waals surface area contributed by atoms with Gasteiger partial charge < -0.3 is 19.2 Å². The normalized spacial score (nSPS) is 10.2. The van der Waals surface area contributed by atoms with Crippen LogP contribution >= 0.6 is 0 Å². The predicted molar refractivity (Wildman–Crippen MR) is 64.3 cm³/mol. The van der Waals surface area contributed by atoms with Crippen molar-refractivity contribution in [1.29, 1.82) is 0 Å². The maximum Gasteiger partial charge on any atom is 0.227 e. The SMILES string of the molecule is CN(C)C(=O)CCCOc1coc(CO)cc1=O. The first-order chi connectivity index (χ1) is 8.54. The van der Waals surface area contributed by atoms with Gasteiger partial charge in [-0.05, 0) is 6.42 Å². The minimum Gasteiger partial charge on any atom is -0.487 e. The third-order valence-corrected chi connectivity index (χ3v) is 2.30. The minimum atomic E-state index is -0.343. The van der Waals surface area contributed by atoms with Gasteiger partial charge in [0.25, 0.3) is 0 Å². The Morgan fingerprint density at radius 1 is 1.50 bits per heavy atom. The third-order valence-electron chi connectivity index (χ3n) is 2.30. The van der Waals surface area contributed by atoms with Crippen molar-refractivity contribution in [1.82, 2.24) is 4.90 Å². The number of amides is 1. The van der Waals surface area contributed by atoms with Crippen LogP contribution in [0.5, 0.6) is 5.75 Å². The molecule has 0 aliphatic carbocycles. The lowest BCUT2D eigenvalue weighted by Crippen LogP contribution is -2.22. The van der Waals surface area contributed by atoms with Crippen LogP contribution in [0, 0.1) is 0 Å². The van der Waals surface area contributed by atoms with E-state index in [1.165, 1.54) is 17.2 Å². The average molecular weight is 255 g/mol. The van der Waals surface area contributed by atoms with Crippen LogP contribution in [0.15, 0.2) is 21.5 Å². The molecule has 0 aliphatic heterocycles. The Balaban J connectivity index is 2.40. The molecule has 0 spiro atoms. The van der Waals surface area contributed by atoms with Crippen LogP contribution < -0.4 is 10.2 Å². The van der Waals surface area contributed by atoms with E-state index >= 15 is 0 Å². The number of ether oxygens (including phenoxy) is 1. The van der Waals surface area contributed by atoms with Gasteiger partial charge in [0.2, 0.25) is 17.1 Å². The molecular formula is C12H17NO5. The second-order valence-electron chi connectivity index (χ2n) is 3.97. The van der Waals surface area contributed by atoms with Gasteiger partial charge in [-0.1, -0.05) is 0 Å². The summed E-state index contributed by atoms with van der Waals surface area (Å²) in [5.74, 6) is 0.293. The minimum absolute atomic E-state index is 0.0151. The molecule has 1 aromatic rings. The van der Waals surface area contributed by atoms with E-state index < -0.39 is 0 Å². The van der Waals surface area contributed by atoms with Crippen molar-refractivity contribution in [2.45, 2.75) is 19.4 Å². The fourth-order valence-electron chi connectivity index (χ4n) is 1.26. The molecule has 6 heteroatoms. The van der Waals surface area contributed by atoms with E-state index in [2.05, 4.69) is 0 Å². The molecule has 0 aromatic carbocycles. The molecule has 1 heterocycles. The van der Waals surface area contributed by atoms with Crippen LogP contribution in [0.2, 0.25) is 0 Å². The molecule has 100 valence electrons. The molecule has 0 fully saturated rings. The lowest BCUT2D eigenvalue weighted by molar-refractivity contribution is -0.128. The Morgan fingerprint density at radius 3 is 2.78 bits per heavy atom. The Labute approximate surface area is 105 Å². The third kappa shape index (κ3) is 4.21. The quantitative estimate of drug-likeness (QED) is 0.743. The summed E-state index contributed by atoms with van der Waals surface area (Å²) in [5.41, 5.74) is -0.343.